The van der Waals surface area contributed by atoms with Gasteiger partial charge in [-0.3, -0.25) is 9.48 Å². The Bertz CT molecular complexity index is 559. The fraction of sp³-hybridized carbons (Fsp3) is 0.600. The van der Waals surface area contributed by atoms with Crippen LogP contribution in [-0.2, 0) is 21.4 Å². The first-order valence-electron chi connectivity index (χ1n) is 5.88. The summed E-state index contributed by atoms with van der Waals surface area (Å²) in [6, 6.07) is 1.62. The molecule has 0 unspecified atom stereocenters. The molecule has 8 nitrogen and oxygen atoms in total. The molecule has 1 aliphatic heterocycles. The van der Waals surface area contributed by atoms with Gasteiger partial charge in [-0.2, -0.15) is 9.40 Å². The number of carbonyl (C=O) groups excluding carboxylic acids is 1. The van der Waals surface area contributed by atoms with Crippen molar-refractivity contribution in [2.24, 2.45) is 0 Å². The number of anilines is 1. The van der Waals surface area contributed by atoms with Crippen LogP contribution < -0.4 is 5.73 Å². The molecule has 0 atom stereocenters. The fourth-order valence-electron chi connectivity index (χ4n) is 1.97. The second kappa shape index (κ2) is 5.17. The predicted octanol–water partition coefficient (Wildman–Crippen LogP) is -1.43. The molecule has 2 N–H and O–H groups in total. The average Bonchev–Trinajstić information content (AvgIpc) is 2.74. The van der Waals surface area contributed by atoms with Crippen LogP contribution >= 0.6 is 0 Å². The molecule has 1 aromatic heterocycles. The van der Waals surface area contributed by atoms with Gasteiger partial charge in [0.25, 0.3) is 0 Å². The molecule has 1 fully saturated rings. The molecule has 19 heavy (non-hydrogen) atoms. The molecule has 1 aliphatic rings. The molecule has 2 heterocycles. The van der Waals surface area contributed by atoms with E-state index in [1.807, 2.05) is 0 Å². The predicted molar refractivity (Wildman–Crippen MR) is 69.6 cm³/mol. The van der Waals surface area contributed by atoms with Crippen molar-refractivity contribution in [2.45, 2.75) is 6.54 Å². The van der Waals surface area contributed by atoms with Crippen LogP contribution in [0.4, 0.5) is 5.82 Å². The third-order valence-corrected chi connectivity index (χ3v) is 4.32. The molecule has 2 rings (SSSR count). The maximum Gasteiger partial charge on any atom is 0.244 e. The van der Waals surface area contributed by atoms with E-state index in [2.05, 4.69) is 5.10 Å². The monoisotopic (exact) mass is 287 g/mol. The maximum absolute atomic E-state index is 12.0. The van der Waals surface area contributed by atoms with Gasteiger partial charge in [-0.15, -0.1) is 0 Å². The molecule has 0 saturated carbocycles. The van der Waals surface area contributed by atoms with Crippen molar-refractivity contribution in [3.63, 3.8) is 0 Å². The van der Waals surface area contributed by atoms with Gasteiger partial charge in [-0.05, 0) is 6.07 Å². The lowest BCUT2D eigenvalue weighted by Gasteiger charge is -2.33. The van der Waals surface area contributed by atoms with Crippen molar-refractivity contribution in [3.8, 4) is 0 Å². The average molecular weight is 287 g/mol. The molecule has 1 amide bonds. The molecule has 0 aliphatic carbocycles. The first kappa shape index (κ1) is 13.8. The molecular formula is C10H17N5O3S. The largest absolute Gasteiger partial charge is 0.382 e. The van der Waals surface area contributed by atoms with E-state index in [0.29, 0.717) is 32.0 Å². The second-order valence-corrected chi connectivity index (χ2v) is 6.46. The lowest BCUT2D eigenvalue weighted by Crippen LogP contribution is -2.51. The number of hydrogen-bond donors (Lipinski definition) is 1. The van der Waals surface area contributed by atoms with Crippen molar-refractivity contribution in [3.05, 3.63) is 12.3 Å². The van der Waals surface area contributed by atoms with Gasteiger partial charge in [0.05, 0.1) is 6.26 Å². The number of carbonyl (C=O) groups is 1. The summed E-state index contributed by atoms with van der Waals surface area (Å²) in [5.74, 6) is 0.283. The smallest absolute Gasteiger partial charge is 0.244 e. The highest BCUT2D eigenvalue weighted by atomic mass is 32.2. The van der Waals surface area contributed by atoms with Crippen LogP contribution in [0, 0.1) is 0 Å². The number of nitrogens with two attached hydrogens (primary N) is 1. The topological polar surface area (TPSA) is 102 Å². The standard InChI is InChI=1S/C10H17N5O3S/c1-19(17,18)15-6-4-13(5-7-15)10(16)8-14-3-2-9(11)12-14/h2-3H,4-8H2,1H3,(H2,11,12). The van der Waals surface area contributed by atoms with Crippen LogP contribution in [0.5, 0.6) is 0 Å². The van der Waals surface area contributed by atoms with Crippen molar-refractivity contribution in [2.75, 3.05) is 38.2 Å². The lowest BCUT2D eigenvalue weighted by atomic mass is 10.3. The van der Waals surface area contributed by atoms with Gasteiger partial charge in [-0.1, -0.05) is 0 Å². The van der Waals surface area contributed by atoms with Crippen LogP contribution in [0.3, 0.4) is 0 Å². The number of nitrogen functional groups attached to an aromatic ring is 1. The van der Waals surface area contributed by atoms with Crippen LogP contribution in [0.25, 0.3) is 0 Å². The Labute approximate surface area is 111 Å². The minimum atomic E-state index is -3.17. The highest BCUT2D eigenvalue weighted by Crippen LogP contribution is 2.07. The molecular weight excluding hydrogens is 270 g/mol. The number of aromatic nitrogens is 2. The third kappa shape index (κ3) is 3.44. The van der Waals surface area contributed by atoms with Crippen LogP contribution in [0.15, 0.2) is 12.3 Å². The highest BCUT2D eigenvalue weighted by molar-refractivity contribution is 7.88. The van der Waals surface area contributed by atoms with Gasteiger partial charge < -0.3 is 10.6 Å². The number of rotatable bonds is 3. The molecule has 1 aromatic rings. The van der Waals surface area contributed by atoms with E-state index in [0.717, 1.165) is 0 Å². The summed E-state index contributed by atoms with van der Waals surface area (Å²) in [6.45, 7) is 1.61. The van der Waals surface area contributed by atoms with Gasteiger partial charge in [0, 0.05) is 32.4 Å². The van der Waals surface area contributed by atoms with Gasteiger partial charge >= 0.3 is 0 Å². The van der Waals surface area contributed by atoms with Crippen LogP contribution in [0.1, 0.15) is 0 Å². The lowest BCUT2D eigenvalue weighted by molar-refractivity contribution is -0.133. The van der Waals surface area contributed by atoms with Crippen LogP contribution in [0.2, 0.25) is 0 Å². The quantitative estimate of drug-likeness (QED) is 0.734. The van der Waals surface area contributed by atoms with Crippen molar-refractivity contribution in [1.29, 1.82) is 0 Å². The van der Waals surface area contributed by atoms with E-state index < -0.39 is 10.0 Å². The normalized spacial score (nSPS) is 17.6. The number of sulfonamides is 1. The van der Waals surface area contributed by atoms with Gasteiger partial charge in [0.1, 0.15) is 12.4 Å². The molecule has 0 bridgehead atoms. The van der Waals surface area contributed by atoms with E-state index in [9.17, 15) is 13.2 Å². The molecule has 0 spiro atoms. The third-order valence-electron chi connectivity index (χ3n) is 3.02. The number of piperazine rings is 1. The Morgan fingerprint density at radius 1 is 1.37 bits per heavy atom. The molecule has 9 heteroatoms. The van der Waals surface area contributed by atoms with E-state index in [4.69, 9.17) is 5.73 Å². The van der Waals surface area contributed by atoms with Gasteiger partial charge in [0.15, 0.2) is 0 Å². The van der Waals surface area contributed by atoms with Gasteiger partial charge in [-0.25, -0.2) is 8.42 Å². The van der Waals surface area contributed by atoms with E-state index in [-0.39, 0.29) is 12.5 Å². The van der Waals surface area contributed by atoms with Crippen LogP contribution in [-0.4, -0.2) is 65.7 Å². The number of amides is 1. The SMILES string of the molecule is CS(=O)(=O)N1CCN(C(=O)Cn2ccc(N)n2)CC1. The Kier molecular flexibility index (Phi) is 3.76. The minimum Gasteiger partial charge on any atom is -0.382 e. The van der Waals surface area contributed by atoms with Crippen molar-refractivity contribution >= 4 is 21.7 Å². The minimum absolute atomic E-state index is 0.0868. The fourth-order valence-corrected chi connectivity index (χ4v) is 2.80. The van der Waals surface area contributed by atoms with Crippen molar-refractivity contribution in [1.82, 2.24) is 19.0 Å². The molecule has 0 radical (unpaired) electrons. The zero-order valence-electron chi connectivity index (χ0n) is 10.7. The molecule has 0 aromatic carbocycles. The van der Waals surface area contributed by atoms with E-state index >= 15 is 0 Å². The first-order chi connectivity index (χ1) is 8.86. The summed E-state index contributed by atoms with van der Waals surface area (Å²) in [5, 5.41) is 3.94. The number of hydrogen-bond acceptors (Lipinski definition) is 5. The zero-order valence-corrected chi connectivity index (χ0v) is 11.5. The Morgan fingerprint density at radius 3 is 2.47 bits per heavy atom. The summed E-state index contributed by atoms with van der Waals surface area (Å²) in [4.78, 5) is 13.6. The second-order valence-electron chi connectivity index (χ2n) is 4.48. The summed E-state index contributed by atoms with van der Waals surface area (Å²) < 4.78 is 25.6. The zero-order chi connectivity index (χ0) is 14.0. The summed E-state index contributed by atoms with van der Waals surface area (Å²) in [6.07, 6.45) is 2.82. The molecule has 106 valence electrons. The van der Waals surface area contributed by atoms with Gasteiger partial charge in [0.2, 0.25) is 15.9 Å². The van der Waals surface area contributed by atoms with Crippen molar-refractivity contribution < 1.29 is 13.2 Å². The summed E-state index contributed by atoms with van der Waals surface area (Å²) in [7, 11) is -3.17. The Morgan fingerprint density at radius 2 is 2.00 bits per heavy atom. The van der Waals surface area contributed by atoms with E-state index in [1.54, 1.807) is 17.2 Å². The Hall–Kier alpha value is -1.61. The first-order valence-corrected chi connectivity index (χ1v) is 7.73. The maximum atomic E-state index is 12.0. The van der Waals surface area contributed by atoms with E-state index in [1.165, 1.54) is 15.2 Å². The number of nitrogens with zero attached hydrogens (tertiary/aromatic N) is 4. The Balaban J connectivity index is 1.89. The molecule has 1 saturated heterocycles. The highest BCUT2D eigenvalue weighted by Gasteiger charge is 2.25. The summed E-state index contributed by atoms with van der Waals surface area (Å²) in [5.41, 5.74) is 5.47. The summed E-state index contributed by atoms with van der Waals surface area (Å²) >= 11 is 0.